The van der Waals surface area contributed by atoms with Crippen LogP contribution >= 0.6 is 0 Å². The topological polar surface area (TPSA) is 0 Å². The maximum atomic E-state index is 5.45. The first kappa shape index (κ1) is 7.22. The molecule has 0 heterocycles. The first-order chi connectivity index (χ1) is 5.10. The quantitative estimate of drug-likeness (QED) is 0.528. The van der Waals surface area contributed by atoms with Crippen LogP contribution in [0.1, 0.15) is 39.5 Å². The molecule has 0 atom stereocenters. The molecule has 0 nitrogen and oxygen atoms in total. The summed E-state index contributed by atoms with van der Waals surface area (Å²) >= 11 is 0. The summed E-state index contributed by atoms with van der Waals surface area (Å²) < 4.78 is 0. The Morgan fingerprint density at radius 2 is 1.91 bits per heavy atom. The summed E-state index contributed by atoms with van der Waals surface area (Å²) in [6, 6.07) is 0. The average molecular weight is 148 g/mol. The smallest absolute Gasteiger partial charge is 0.0328 e. The van der Waals surface area contributed by atoms with Crippen molar-refractivity contribution >= 4 is 0 Å². The van der Waals surface area contributed by atoms with Crippen LogP contribution in [0, 0.1) is 29.1 Å². The van der Waals surface area contributed by atoms with E-state index in [2.05, 4.69) is 19.8 Å². The Morgan fingerprint density at radius 1 is 1.36 bits per heavy atom. The van der Waals surface area contributed by atoms with Crippen molar-refractivity contribution in [3.63, 3.8) is 0 Å². The molecule has 0 aliphatic heterocycles. The van der Waals surface area contributed by atoms with Gasteiger partial charge in [0, 0.05) is 5.41 Å². The molecule has 0 N–H and O–H groups in total. The molecule has 3 aliphatic carbocycles. The Labute approximate surface area is 69.4 Å². The molecule has 3 saturated carbocycles. The second kappa shape index (κ2) is 1.83. The maximum absolute atomic E-state index is 5.45. The van der Waals surface area contributed by atoms with Gasteiger partial charge in [-0.1, -0.05) is 19.8 Å². The van der Waals surface area contributed by atoms with Crippen LogP contribution in [0.5, 0.6) is 0 Å². The summed E-state index contributed by atoms with van der Waals surface area (Å²) in [6.07, 6.45) is 10.8. The van der Waals surface area contributed by atoms with Crippen molar-refractivity contribution in [1.29, 1.82) is 0 Å². The normalized spacial score (nSPS) is 46.0. The average Bonchev–Trinajstić information content (AvgIpc) is 1.74. The first-order valence-corrected chi connectivity index (χ1v) is 4.58. The lowest BCUT2D eigenvalue weighted by Gasteiger charge is -2.69. The monoisotopic (exact) mass is 148 g/mol. The third-order valence-electron chi connectivity index (χ3n) is 3.29. The van der Waals surface area contributed by atoms with Crippen molar-refractivity contribution in [3.8, 4) is 12.3 Å². The second-order valence-corrected chi connectivity index (χ2v) is 5.05. The van der Waals surface area contributed by atoms with Crippen LogP contribution in [-0.4, -0.2) is 0 Å². The van der Waals surface area contributed by atoms with Crippen molar-refractivity contribution in [3.05, 3.63) is 0 Å². The molecule has 0 heteroatoms. The minimum absolute atomic E-state index is 0.384. The van der Waals surface area contributed by atoms with Gasteiger partial charge < -0.3 is 0 Å². The standard InChI is InChI=1S/C11H16/c1-4-10-6-11(7-10,8-10)5-9(2)3/h1,9H,5-8H2,2-3H3. The third-order valence-corrected chi connectivity index (χ3v) is 3.29. The van der Waals surface area contributed by atoms with E-state index >= 15 is 0 Å². The molecule has 11 heavy (non-hydrogen) atoms. The van der Waals surface area contributed by atoms with Gasteiger partial charge in [0.15, 0.2) is 0 Å². The Morgan fingerprint density at radius 3 is 2.27 bits per heavy atom. The molecule has 3 rings (SSSR count). The predicted molar refractivity (Wildman–Crippen MR) is 47.0 cm³/mol. The van der Waals surface area contributed by atoms with Crippen LogP contribution in [0.4, 0.5) is 0 Å². The highest BCUT2D eigenvalue weighted by molar-refractivity contribution is 5.28. The van der Waals surface area contributed by atoms with Gasteiger partial charge in [0.25, 0.3) is 0 Å². The molecule has 3 fully saturated rings. The van der Waals surface area contributed by atoms with E-state index in [4.69, 9.17) is 6.42 Å². The number of rotatable bonds is 2. The molecule has 2 bridgehead atoms. The third kappa shape index (κ3) is 0.836. The molecular weight excluding hydrogens is 132 g/mol. The molecule has 60 valence electrons. The second-order valence-electron chi connectivity index (χ2n) is 5.05. The van der Waals surface area contributed by atoms with E-state index in [-0.39, 0.29) is 0 Å². The summed E-state index contributed by atoms with van der Waals surface area (Å²) in [5.74, 6) is 3.79. The molecule has 0 amide bonds. The van der Waals surface area contributed by atoms with Gasteiger partial charge in [0.1, 0.15) is 0 Å². The molecule has 0 aromatic rings. The predicted octanol–water partition coefficient (Wildman–Crippen LogP) is 2.84. The highest BCUT2D eigenvalue weighted by Crippen LogP contribution is 2.75. The van der Waals surface area contributed by atoms with Crippen molar-refractivity contribution in [2.75, 3.05) is 0 Å². The SMILES string of the molecule is C#CC12CC(CC(C)C)(C1)C2. The summed E-state index contributed by atoms with van der Waals surface area (Å²) in [4.78, 5) is 0. The Kier molecular flexibility index (Phi) is 1.20. The molecule has 3 aliphatic rings. The number of terminal acetylenes is 1. The molecule has 0 saturated heterocycles. The lowest BCUT2D eigenvalue weighted by atomic mass is 9.34. The fourth-order valence-electron chi connectivity index (χ4n) is 3.23. The van der Waals surface area contributed by atoms with Crippen LogP contribution in [0.15, 0.2) is 0 Å². The minimum atomic E-state index is 0.384. The zero-order valence-electron chi connectivity index (χ0n) is 7.48. The van der Waals surface area contributed by atoms with Gasteiger partial charge >= 0.3 is 0 Å². The molecule has 0 radical (unpaired) electrons. The lowest BCUT2D eigenvalue weighted by Crippen LogP contribution is -2.61. The highest BCUT2D eigenvalue weighted by atomic mass is 14.7. The number of hydrogen-bond donors (Lipinski definition) is 0. The van der Waals surface area contributed by atoms with Crippen molar-refractivity contribution in [2.24, 2.45) is 16.7 Å². The molecular formula is C11H16. The Hall–Kier alpha value is -0.440. The van der Waals surface area contributed by atoms with E-state index in [0.717, 1.165) is 5.92 Å². The maximum Gasteiger partial charge on any atom is 0.0328 e. The van der Waals surface area contributed by atoms with Gasteiger partial charge in [-0.2, -0.15) is 0 Å². The lowest BCUT2D eigenvalue weighted by molar-refractivity contribution is -0.172. The fourth-order valence-corrected chi connectivity index (χ4v) is 3.23. The zero-order chi connectivity index (χ0) is 8.11. The van der Waals surface area contributed by atoms with Gasteiger partial charge in [-0.15, -0.1) is 6.42 Å². The zero-order valence-corrected chi connectivity index (χ0v) is 7.48. The van der Waals surface area contributed by atoms with Gasteiger partial charge in [0.2, 0.25) is 0 Å². The minimum Gasteiger partial charge on any atom is -0.120 e. The van der Waals surface area contributed by atoms with E-state index in [0.29, 0.717) is 10.8 Å². The van der Waals surface area contributed by atoms with Crippen LogP contribution in [0.25, 0.3) is 0 Å². The van der Waals surface area contributed by atoms with E-state index in [1.165, 1.54) is 25.7 Å². The van der Waals surface area contributed by atoms with Gasteiger partial charge in [-0.3, -0.25) is 0 Å². The van der Waals surface area contributed by atoms with Gasteiger partial charge in [-0.05, 0) is 37.0 Å². The van der Waals surface area contributed by atoms with Gasteiger partial charge in [0.05, 0.1) is 0 Å². The van der Waals surface area contributed by atoms with Crippen LogP contribution in [0.2, 0.25) is 0 Å². The van der Waals surface area contributed by atoms with Crippen molar-refractivity contribution < 1.29 is 0 Å². The summed E-state index contributed by atoms with van der Waals surface area (Å²) in [7, 11) is 0. The largest absolute Gasteiger partial charge is 0.120 e. The molecule has 0 aromatic heterocycles. The van der Waals surface area contributed by atoms with Crippen LogP contribution in [0.3, 0.4) is 0 Å². The van der Waals surface area contributed by atoms with E-state index in [9.17, 15) is 0 Å². The fraction of sp³-hybridized carbons (Fsp3) is 0.818. The molecule has 0 aromatic carbocycles. The summed E-state index contributed by atoms with van der Waals surface area (Å²) in [5, 5.41) is 0. The van der Waals surface area contributed by atoms with Crippen molar-refractivity contribution in [2.45, 2.75) is 39.5 Å². The Bertz CT molecular complexity index is 197. The van der Waals surface area contributed by atoms with Crippen LogP contribution < -0.4 is 0 Å². The van der Waals surface area contributed by atoms with E-state index in [1.54, 1.807) is 0 Å². The van der Waals surface area contributed by atoms with E-state index in [1.807, 2.05) is 0 Å². The summed E-state index contributed by atoms with van der Waals surface area (Å²) in [6.45, 7) is 4.62. The highest BCUT2D eigenvalue weighted by Gasteiger charge is 2.66. The van der Waals surface area contributed by atoms with Crippen LogP contribution in [-0.2, 0) is 0 Å². The van der Waals surface area contributed by atoms with E-state index < -0.39 is 0 Å². The van der Waals surface area contributed by atoms with Gasteiger partial charge in [-0.25, -0.2) is 0 Å². The Balaban J connectivity index is 1.91. The summed E-state index contributed by atoms with van der Waals surface area (Å²) in [5.41, 5.74) is 1.09. The molecule has 0 unspecified atom stereocenters. The number of hydrogen-bond acceptors (Lipinski definition) is 0. The van der Waals surface area contributed by atoms with Crippen molar-refractivity contribution in [1.82, 2.24) is 0 Å². The first-order valence-electron chi connectivity index (χ1n) is 4.58. The molecule has 0 spiro atoms.